The van der Waals surface area contributed by atoms with Crippen molar-refractivity contribution in [1.29, 1.82) is 0 Å². The van der Waals surface area contributed by atoms with Crippen LogP contribution in [0.3, 0.4) is 0 Å². The number of thiazole rings is 1. The Morgan fingerprint density at radius 1 is 1.17 bits per heavy atom. The Kier molecular flexibility index (Phi) is 6.76. The summed E-state index contributed by atoms with van der Waals surface area (Å²) in [6, 6.07) is 9.85. The van der Waals surface area contributed by atoms with Crippen LogP contribution in [0.1, 0.15) is 23.2 Å². The van der Waals surface area contributed by atoms with E-state index in [1.165, 1.54) is 0 Å². The molecule has 1 aromatic carbocycles. The van der Waals surface area contributed by atoms with Gasteiger partial charge >= 0.3 is 6.18 Å². The maximum atomic E-state index is 12.7. The Balaban J connectivity index is 1.78. The highest BCUT2D eigenvalue weighted by molar-refractivity contribution is 7.09. The van der Waals surface area contributed by atoms with E-state index in [9.17, 15) is 13.2 Å². The van der Waals surface area contributed by atoms with Gasteiger partial charge in [0, 0.05) is 31.4 Å². The van der Waals surface area contributed by atoms with Crippen LogP contribution in [0.5, 0.6) is 0 Å². The summed E-state index contributed by atoms with van der Waals surface area (Å²) in [6.07, 6.45) is -4.43. The number of para-hydroxylation sites is 1. The predicted octanol–water partition coefficient (Wildman–Crippen LogP) is 4.03. The molecule has 0 spiro atoms. The number of nitrogens with zero attached hydrogens (tertiary/aromatic N) is 4. The number of aliphatic imine (C=N–C) groups is 1. The molecular formula is C20H23F3N6S. The number of hydrogen-bond donors (Lipinski definition) is 2. The van der Waals surface area contributed by atoms with Gasteiger partial charge in [-0.05, 0) is 24.6 Å². The molecule has 0 bridgehead atoms. The van der Waals surface area contributed by atoms with Gasteiger partial charge < -0.3 is 15.5 Å². The Labute approximate surface area is 176 Å². The average molecular weight is 437 g/mol. The fourth-order valence-electron chi connectivity index (χ4n) is 2.78. The van der Waals surface area contributed by atoms with Crippen LogP contribution >= 0.6 is 11.3 Å². The van der Waals surface area contributed by atoms with E-state index in [0.717, 1.165) is 39.0 Å². The smallest absolute Gasteiger partial charge is 0.363 e. The minimum Gasteiger partial charge on any atom is -0.363 e. The minimum absolute atomic E-state index is 0.159. The fourth-order valence-corrected chi connectivity index (χ4v) is 3.52. The van der Waals surface area contributed by atoms with Gasteiger partial charge in [0.05, 0.1) is 18.6 Å². The van der Waals surface area contributed by atoms with E-state index in [1.807, 2.05) is 56.3 Å². The van der Waals surface area contributed by atoms with E-state index in [0.29, 0.717) is 24.1 Å². The van der Waals surface area contributed by atoms with Gasteiger partial charge in [-0.3, -0.25) is 0 Å². The first-order valence-corrected chi connectivity index (χ1v) is 10.3. The monoisotopic (exact) mass is 436 g/mol. The van der Waals surface area contributed by atoms with Crippen LogP contribution in [0.2, 0.25) is 0 Å². The predicted molar refractivity (Wildman–Crippen MR) is 115 cm³/mol. The van der Waals surface area contributed by atoms with Crippen molar-refractivity contribution < 1.29 is 13.2 Å². The van der Waals surface area contributed by atoms with E-state index < -0.39 is 11.9 Å². The number of nitrogens with one attached hydrogen (secondary N) is 2. The maximum Gasteiger partial charge on any atom is 0.434 e. The molecule has 160 valence electrons. The van der Waals surface area contributed by atoms with Gasteiger partial charge in [0.2, 0.25) is 0 Å². The Bertz CT molecular complexity index is 1030. The van der Waals surface area contributed by atoms with Crippen LogP contribution in [0.15, 0.2) is 40.7 Å². The summed E-state index contributed by atoms with van der Waals surface area (Å²) in [7, 11) is 3.86. The van der Waals surface area contributed by atoms with E-state index in [1.54, 1.807) is 0 Å². The largest absolute Gasteiger partial charge is 0.434 e. The van der Waals surface area contributed by atoms with Gasteiger partial charge in [-0.15, -0.1) is 11.3 Å². The highest BCUT2D eigenvalue weighted by Gasteiger charge is 2.33. The van der Waals surface area contributed by atoms with Crippen molar-refractivity contribution in [2.45, 2.75) is 26.2 Å². The maximum absolute atomic E-state index is 12.7. The van der Waals surface area contributed by atoms with Crippen molar-refractivity contribution in [2.75, 3.05) is 25.5 Å². The van der Waals surface area contributed by atoms with Gasteiger partial charge in [-0.25, -0.2) is 15.0 Å². The second kappa shape index (κ2) is 9.29. The number of benzene rings is 1. The van der Waals surface area contributed by atoms with Crippen molar-refractivity contribution in [3.8, 4) is 0 Å². The molecule has 30 heavy (non-hydrogen) atoms. The Hall–Kier alpha value is -2.88. The van der Waals surface area contributed by atoms with E-state index in [2.05, 4.69) is 25.6 Å². The summed E-state index contributed by atoms with van der Waals surface area (Å²) in [5.74, 6) is 1.34. The molecule has 0 aliphatic rings. The first-order chi connectivity index (χ1) is 14.3. The molecule has 3 aromatic rings. The number of hydrogen-bond acceptors (Lipinski definition) is 5. The summed E-state index contributed by atoms with van der Waals surface area (Å²) >= 11 is 0.968. The molecule has 2 heterocycles. The quantitative estimate of drug-likeness (QED) is 0.451. The van der Waals surface area contributed by atoms with Crippen LogP contribution in [-0.2, 0) is 19.3 Å². The minimum atomic E-state index is -4.43. The second-order valence-corrected chi connectivity index (χ2v) is 7.67. The number of aromatic nitrogens is 2. The van der Waals surface area contributed by atoms with Crippen molar-refractivity contribution in [3.05, 3.63) is 52.0 Å². The lowest BCUT2D eigenvalue weighted by Crippen LogP contribution is -2.36. The van der Waals surface area contributed by atoms with E-state index >= 15 is 0 Å². The van der Waals surface area contributed by atoms with Crippen molar-refractivity contribution >= 4 is 34.0 Å². The van der Waals surface area contributed by atoms with Crippen molar-refractivity contribution in [1.82, 2.24) is 20.6 Å². The number of anilines is 1. The first kappa shape index (κ1) is 21.8. The summed E-state index contributed by atoms with van der Waals surface area (Å²) < 4.78 is 38.2. The van der Waals surface area contributed by atoms with Crippen molar-refractivity contribution in [2.24, 2.45) is 4.99 Å². The Morgan fingerprint density at radius 2 is 1.93 bits per heavy atom. The number of pyridine rings is 1. The lowest BCUT2D eigenvalue weighted by Gasteiger charge is -2.15. The highest BCUT2D eigenvalue weighted by atomic mass is 32.1. The third-order valence-corrected chi connectivity index (χ3v) is 5.10. The molecule has 3 rings (SSSR count). The summed E-state index contributed by atoms with van der Waals surface area (Å²) in [6.45, 7) is 3.10. The number of alkyl halides is 3. The molecule has 2 aromatic heterocycles. The third-order valence-electron chi connectivity index (χ3n) is 4.25. The number of guanidine groups is 1. The molecule has 0 saturated carbocycles. The second-order valence-electron chi connectivity index (χ2n) is 6.72. The lowest BCUT2D eigenvalue weighted by molar-refractivity contribution is -0.140. The lowest BCUT2D eigenvalue weighted by atomic mass is 10.1. The van der Waals surface area contributed by atoms with Crippen LogP contribution in [0.25, 0.3) is 10.9 Å². The molecule has 0 aliphatic carbocycles. The molecule has 0 saturated heterocycles. The molecule has 0 radical (unpaired) electrons. The third kappa shape index (κ3) is 5.38. The van der Waals surface area contributed by atoms with E-state index in [4.69, 9.17) is 0 Å². The summed E-state index contributed by atoms with van der Waals surface area (Å²) in [4.78, 5) is 14.8. The summed E-state index contributed by atoms with van der Waals surface area (Å²) in [5, 5.41) is 8.54. The van der Waals surface area contributed by atoms with Gasteiger partial charge in [-0.1, -0.05) is 18.2 Å². The number of rotatable bonds is 6. The van der Waals surface area contributed by atoms with Crippen LogP contribution in [0, 0.1) is 0 Å². The zero-order valence-corrected chi connectivity index (χ0v) is 17.7. The normalized spacial score (nSPS) is 12.3. The molecule has 6 nitrogen and oxygen atoms in total. The highest BCUT2D eigenvalue weighted by Crippen LogP contribution is 2.30. The van der Waals surface area contributed by atoms with Gasteiger partial charge in [0.1, 0.15) is 10.8 Å². The first-order valence-electron chi connectivity index (χ1n) is 9.37. The number of fused-ring (bicyclic) bond motifs is 1. The zero-order valence-electron chi connectivity index (χ0n) is 16.9. The molecule has 2 N–H and O–H groups in total. The van der Waals surface area contributed by atoms with Gasteiger partial charge in [0.15, 0.2) is 11.7 Å². The van der Waals surface area contributed by atoms with Crippen LogP contribution in [-0.4, -0.2) is 36.6 Å². The molecule has 0 fully saturated rings. The van der Waals surface area contributed by atoms with Gasteiger partial charge in [-0.2, -0.15) is 13.2 Å². The van der Waals surface area contributed by atoms with E-state index in [-0.39, 0.29) is 6.54 Å². The average Bonchev–Trinajstić information content (AvgIpc) is 3.19. The molecule has 10 heteroatoms. The number of halogens is 3. The molecule has 0 atom stereocenters. The molecule has 0 amide bonds. The van der Waals surface area contributed by atoms with Crippen LogP contribution < -0.4 is 15.5 Å². The van der Waals surface area contributed by atoms with Crippen molar-refractivity contribution in [3.63, 3.8) is 0 Å². The fraction of sp³-hybridized carbons (Fsp3) is 0.350. The Morgan fingerprint density at radius 3 is 2.60 bits per heavy atom. The molecular weight excluding hydrogens is 413 g/mol. The SMILES string of the molecule is CCNC(=NCc1cc(N(C)C)nc2ccccc12)NCc1nc(C(F)(F)F)cs1. The molecule has 0 aliphatic heterocycles. The zero-order chi connectivity index (χ0) is 21.7. The summed E-state index contributed by atoms with van der Waals surface area (Å²) in [5.41, 5.74) is 1.02. The van der Waals surface area contributed by atoms with Crippen LogP contribution in [0.4, 0.5) is 19.0 Å². The molecule has 0 unspecified atom stereocenters. The topological polar surface area (TPSA) is 65.4 Å². The standard InChI is InChI=1S/C20H23F3N6S/c1-4-24-19(26-11-18-28-16(12-30-18)20(21,22)23)25-10-13-9-17(29(2)3)27-15-8-6-5-7-14(13)15/h5-9,12H,4,10-11H2,1-3H3,(H2,24,25,26). The van der Waals surface area contributed by atoms with Gasteiger partial charge in [0.25, 0.3) is 0 Å².